The highest BCUT2D eigenvalue weighted by molar-refractivity contribution is 14.1. The number of nitrogens with zero attached hydrogens (tertiary/aromatic N) is 1. The van der Waals surface area contributed by atoms with Crippen molar-refractivity contribution in [3.05, 3.63) is 50.6 Å². The molecule has 1 N–H and O–H groups in total. The highest BCUT2D eigenvalue weighted by Crippen LogP contribution is 2.29. The lowest BCUT2D eigenvalue weighted by Crippen LogP contribution is -1.94. The second-order valence-electron chi connectivity index (χ2n) is 4.14. The molecule has 0 unspecified atom stereocenters. The van der Waals surface area contributed by atoms with Gasteiger partial charge < -0.3 is 9.52 Å². The van der Waals surface area contributed by atoms with Crippen LogP contribution in [0.3, 0.4) is 0 Å². The highest BCUT2D eigenvalue weighted by Gasteiger charge is 2.12. The van der Waals surface area contributed by atoms with Crippen molar-refractivity contribution in [2.45, 2.75) is 0 Å². The van der Waals surface area contributed by atoms with Crippen LogP contribution in [0.4, 0.5) is 0 Å². The third kappa shape index (κ3) is 2.38. The SMILES string of the molecule is O=C(O)c1ccc2nc(-c3ccc(I)c(Cl)c3)oc2c1. The predicted molar refractivity (Wildman–Crippen MR) is 84.1 cm³/mol. The Bertz CT molecular complexity index is 828. The Labute approximate surface area is 132 Å². The van der Waals surface area contributed by atoms with Crippen LogP contribution in [0.5, 0.6) is 0 Å². The second kappa shape index (κ2) is 5.06. The molecule has 100 valence electrons. The van der Waals surface area contributed by atoms with Crippen molar-refractivity contribution in [2.75, 3.05) is 0 Å². The molecule has 2 aromatic carbocycles. The maximum absolute atomic E-state index is 10.9. The standard InChI is InChI=1S/C14H7ClINO3/c15-9-5-7(1-3-10(9)16)13-17-11-4-2-8(14(18)19)6-12(11)20-13/h1-6H,(H,18,19). The first kappa shape index (κ1) is 13.4. The van der Waals surface area contributed by atoms with E-state index in [1.54, 1.807) is 12.1 Å². The van der Waals surface area contributed by atoms with Gasteiger partial charge in [0, 0.05) is 9.13 Å². The Balaban J connectivity index is 2.12. The molecule has 0 radical (unpaired) electrons. The Morgan fingerprint density at radius 1 is 1.25 bits per heavy atom. The number of carboxylic acid groups (broad SMARTS) is 1. The lowest BCUT2D eigenvalue weighted by molar-refractivity contribution is 0.0697. The number of aromatic nitrogens is 1. The van der Waals surface area contributed by atoms with Gasteiger partial charge in [-0.25, -0.2) is 9.78 Å². The van der Waals surface area contributed by atoms with Crippen LogP contribution in [0.15, 0.2) is 40.8 Å². The van der Waals surface area contributed by atoms with Crippen molar-refractivity contribution < 1.29 is 14.3 Å². The van der Waals surface area contributed by atoms with E-state index in [1.165, 1.54) is 12.1 Å². The fourth-order valence-electron chi connectivity index (χ4n) is 1.81. The van der Waals surface area contributed by atoms with E-state index in [0.717, 1.165) is 9.13 Å². The molecule has 1 heterocycles. The summed E-state index contributed by atoms with van der Waals surface area (Å²) in [6.45, 7) is 0. The number of oxazole rings is 1. The summed E-state index contributed by atoms with van der Waals surface area (Å²) in [6.07, 6.45) is 0. The molecule has 20 heavy (non-hydrogen) atoms. The Hall–Kier alpha value is -1.60. The fourth-order valence-corrected chi connectivity index (χ4v) is 2.33. The van der Waals surface area contributed by atoms with E-state index in [-0.39, 0.29) is 5.56 Å². The van der Waals surface area contributed by atoms with Crippen molar-refractivity contribution in [3.63, 3.8) is 0 Å². The molecule has 0 fully saturated rings. The first-order valence-electron chi connectivity index (χ1n) is 5.64. The minimum atomic E-state index is -0.998. The molecule has 3 rings (SSSR count). The zero-order valence-electron chi connectivity index (χ0n) is 9.93. The quantitative estimate of drug-likeness (QED) is 0.647. The number of rotatable bonds is 2. The largest absolute Gasteiger partial charge is 0.478 e. The summed E-state index contributed by atoms with van der Waals surface area (Å²) >= 11 is 8.21. The number of hydrogen-bond donors (Lipinski definition) is 1. The van der Waals surface area contributed by atoms with Gasteiger partial charge in [-0.15, -0.1) is 0 Å². The number of fused-ring (bicyclic) bond motifs is 1. The van der Waals surface area contributed by atoms with Crippen LogP contribution in [-0.2, 0) is 0 Å². The van der Waals surface area contributed by atoms with Gasteiger partial charge in [-0.2, -0.15) is 0 Å². The van der Waals surface area contributed by atoms with E-state index in [2.05, 4.69) is 27.6 Å². The van der Waals surface area contributed by atoms with Crippen LogP contribution < -0.4 is 0 Å². The van der Waals surface area contributed by atoms with E-state index in [4.69, 9.17) is 21.1 Å². The summed E-state index contributed by atoms with van der Waals surface area (Å²) in [5, 5.41) is 9.58. The number of aromatic carboxylic acids is 1. The van der Waals surface area contributed by atoms with Gasteiger partial charge in [0.25, 0.3) is 0 Å². The van der Waals surface area contributed by atoms with Gasteiger partial charge in [-0.05, 0) is 59.0 Å². The molecule has 0 amide bonds. The highest BCUT2D eigenvalue weighted by atomic mass is 127. The summed E-state index contributed by atoms with van der Waals surface area (Å²) in [5.41, 5.74) is 1.97. The van der Waals surface area contributed by atoms with Gasteiger partial charge in [0.1, 0.15) is 5.52 Å². The smallest absolute Gasteiger partial charge is 0.335 e. The zero-order valence-corrected chi connectivity index (χ0v) is 12.8. The van der Waals surface area contributed by atoms with Crippen molar-refractivity contribution >= 4 is 51.3 Å². The number of carboxylic acids is 1. The third-order valence-electron chi connectivity index (χ3n) is 2.80. The molecule has 0 aliphatic carbocycles. The van der Waals surface area contributed by atoms with Crippen molar-refractivity contribution in [1.29, 1.82) is 0 Å². The van der Waals surface area contributed by atoms with Gasteiger partial charge >= 0.3 is 5.97 Å². The molecule has 4 nitrogen and oxygen atoms in total. The number of carbonyl (C=O) groups is 1. The molecule has 3 aromatic rings. The first-order chi connectivity index (χ1) is 9.54. The van der Waals surface area contributed by atoms with Crippen LogP contribution in [-0.4, -0.2) is 16.1 Å². The molecule has 0 bridgehead atoms. The van der Waals surface area contributed by atoms with E-state index < -0.39 is 5.97 Å². The number of hydrogen-bond acceptors (Lipinski definition) is 3. The van der Waals surface area contributed by atoms with E-state index in [1.807, 2.05) is 12.1 Å². The van der Waals surface area contributed by atoms with E-state index in [9.17, 15) is 4.79 Å². The molecule has 6 heteroatoms. The molecule has 0 spiro atoms. The molecular weight excluding hydrogens is 393 g/mol. The molecule has 0 aliphatic rings. The van der Waals surface area contributed by atoms with Crippen LogP contribution in [0.1, 0.15) is 10.4 Å². The molecule has 0 aliphatic heterocycles. The Morgan fingerprint density at radius 3 is 2.75 bits per heavy atom. The predicted octanol–water partition coefficient (Wildman–Crippen LogP) is 4.45. The summed E-state index contributed by atoms with van der Waals surface area (Å²) in [7, 11) is 0. The lowest BCUT2D eigenvalue weighted by Gasteiger charge is -1.98. The lowest BCUT2D eigenvalue weighted by atomic mass is 10.2. The summed E-state index contributed by atoms with van der Waals surface area (Å²) in [5.74, 6) is -0.581. The van der Waals surface area contributed by atoms with Crippen LogP contribution in [0.2, 0.25) is 5.02 Å². The first-order valence-corrected chi connectivity index (χ1v) is 7.09. The van der Waals surface area contributed by atoms with E-state index in [0.29, 0.717) is 22.0 Å². The van der Waals surface area contributed by atoms with Gasteiger partial charge in [-0.3, -0.25) is 0 Å². The Kier molecular flexibility index (Phi) is 3.39. The second-order valence-corrected chi connectivity index (χ2v) is 5.70. The Morgan fingerprint density at radius 2 is 2.05 bits per heavy atom. The van der Waals surface area contributed by atoms with Gasteiger partial charge in [0.2, 0.25) is 5.89 Å². The molecule has 0 saturated carbocycles. The maximum Gasteiger partial charge on any atom is 0.335 e. The maximum atomic E-state index is 10.9. The molecule has 1 aromatic heterocycles. The summed E-state index contributed by atoms with van der Waals surface area (Å²) < 4.78 is 6.55. The van der Waals surface area contributed by atoms with Crippen LogP contribution in [0, 0.1) is 3.57 Å². The minimum Gasteiger partial charge on any atom is -0.478 e. The van der Waals surface area contributed by atoms with Crippen LogP contribution in [0.25, 0.3) is 22.6 Å². The topological polar surface area (TPSA) is 63.3 Å². The molecule has 0 atom stereocenters. The van der Waals surface area contributed by atoms with Gasteiger partial charge in [-0.1, -0.05) is 11.6 Å². The van der Waals surface area contributed by atoms with Gasteiger partial charge in [0.05, 0.1) is 10.6 Å². The molecule has 0 saturated heterocycles. The van der Waals surface area contributed by atoms with Crippen molar-refractivity contribution in [1.82, 2.24) is 4.98 Å². The zero-order chi connectivity index (χ0) is 14.3. The van der Waals surface area contributed by atoms with Gasteiger partial charge in [0.15, 0.2) is 5.58 Å². The average Bonchev–Trinajstić information content (AvgIpc) is 2.84. The molecular formula is C14H7ClINO3. The summed E-state index contributed by atoms with van der Waals surface area (Å²) in [6, 6.07) is 10.1. The number of halogens is 2. The monoisotopic (exact) mass is 399 g/mol. The van der Waals surface area contributed by atoms with E-state index >= 15 is 0 Å². The van der Waals surface area contributed by atoms with Crippen molar-refractivity contribution in [2.24, 2.45) is 0 Å². The number of benzene rings is 2. The minimum absolute atomic E-state index is 0.167. The van der Waals surface area contributed by atoms with Crippen molar-refractivity contribution in [3.8, 4) is 11.5 Å². The average molecular weight is 400 g/mol. The summed E-state index contributed by atoms with van der Waals surface area (Å²) in [4.78, 5) is 15.3. The third-order valence-corrected chi connectivity index (χ3v) is 4.37. The fraction of sp³-hybridized carbons (Fsp3) is 0. The normalized spacial score (nSPS) is 10.9. The van der Waals surface area contributed by atoms with Crippen LogP contribution >= 0.6 is 34.2 Å².